The minimum Gasteiger partial charge on any atom is -1.00 e. The van der Waals surface area contributed by atoms with E-state index in [0.29, 0.717) is 33.6 Å². The molecule has 20 aromatic rings. The third-order valence-electron chi connectivity index (χ3n) is 19.4. The average molecular weight is 1390 g/mol. The Balaban J connectivity index is 0.000000177. The molecular formula is C95H67F4N6Na. The molecule has 0 bridgehead atoms. The van der Waals surface area contributed by atoms with Crippen LogP contribution in [0.3, 0.4) is 0 Å². The van der Waals surface area contributed by atoms with Crippen LogP contribution in [0.15, 0.2) is 364 Å². The number of hydrogen-bond acceptors (Lipinski definition) is 2. The van der Waals surface area contributed by atoms with E-state index in [1.54, 1.807) is 48.5 Å². The standard InChI is InChI=1S/C59H38N4.C23H14F3N.C12H9N.CH3F.Na.H2.H/c1-7-28-54-46(22-1)47-23-2-8-29-55(47)61(54)43-19-13-16-39(34-43)42-37-52(40-17-14-20-44(35-40)62-56-30-9-3-24-48(56)49-25-4-10-31-57(49)62)60-53(38-42)41-18-15-21-45(36-41)63-58-32-11-5-26-50(58)51-27-6-12-33-59(51)63;24-19-7-1-4-15(10-19)18-13-22(16-5-2-8-20(25)11-16)27-23(14-18)17-6-3-9-21(26)12-17;1-3-7-11-9(5-1)10-6-2-4-8-12(10)13-11;1-2;;;/h1-38H;1-14H;1-8,13H;1H3;;1H;/q;;;;+1;;-1/i;;;1D;;;. The monoisotopic (exact) mass is 1390 g/mol. The number of aromatic nitrogens is 6. The number of halogens is 4. The summed E-state index contributed by atoms with van der Waals surface area (Å²) in [5, 5.41) is 10.1. The van der Waals surface area contributed by atoms with Gasteiger partial charge < -0.3 is 20.1 Å². The molecule has 14 aromatic carbocycles. The summed E-state index contributed by atoms with van der Waals surface area (Å²) in [5.41, 5.74) is 22.6. The van der Waals surface area contributed by atoms with Crippen LogP contribution in [0.5, 0.6) is 0 Å². The van der Waals surface area contributed by atoms with E-state index in [9.17, 15) is 17.6 Å². The number of para-hydroxylation sites is 8. The summed E-state index contributed by atoms with van der Waals surface area (Å²) < 4.78 is 63.7. The van der Waals surface area contributed by atoms with Gasteiger partial charge in [0.25, 0.3) is 0 Å². The van der Waals surface area contributed by atoms with Gasteiger partial charge in [0.1, 0.15) is 17.5 Å². The van der Waals surface area contributed by atoms with Gasteiger partial charge in [0, 0.05) is 94.9 Å². The molecular weight excluding hydrogens is 1320 g/mol. The molecule has 0 unspecified atom stereocenters. The van der Waals surface area contributed by atoms with Gasteiger partial charge in [-0.2, -0.15) is 0 Å². The van der Waals surface area contributed by atoms with Gasteiger partial charge in [0.05, 0.1) is 64.4 Å². The van der Waals surface area contributed by atoms with Gasteiger partial charge in [0.15, 0.2) is 0 Å². The maximum absolute atomic E-state index is 13.7. The smallest absolute Gasteiger partial charge is 1.00 e. The van der Waals surface area contributed by atoms with Gasteiger partial charge in [-0.15, -0.1) is 0 Å². The van der Waals surface area contributed by atoms with Gasteiger partial charge in [0.2, 0.25) is 0 Å². The Bertz CT molecular complexity index is 5920. The van der Waals surface area contributed by atoms with E-state index in [-0.39, 0.29) is 49.9 Å². The molecule has 0 fully saturated rings. The normalized spacial score (nSPS) is 11.3. The molecule has 0 spiro atoms. The fourth-order valence-corrected chi connectivity index (χ4v) is 14.8. The maximum Gasteiger partial charge on any atom is 1.00 e. The molecule has 6 aromatic heterocycles. The van der Waals surface area contributed by atoms with E-state index >= 15 is 0 Å². The zero-order chi connectivity index (χ0) is 71.6. The summed E-state index contributed by atoms with van der Waals surface area (Å²) in [5.74, 6) is -1.11. The first-order valence-electron chi connectivity index (χ1n) is 35.3. The topological polar surface area (TPSA) is 56.4 Å². The van der Waals surface area contributed by atoms with Crippen LogP contribution in [0.2, 0.25) is 0 Å². The fourth-order valence-electron chi connectivity index (χ4n) is 14.8. The number of rotatable bonds is 9. The Labute approximate surface area is 635 Å². The minimum atomic E-state index is -1.00. The summed E-state index contributed by atoms with van der Waals surface area (Å²) >= 11 is 0. The van der Waals surface area contributed by atoms with E-state index in [1.165, 1.54) is 124 Å². The second-order valence-electron chi connectivity index (χ2n) is 25.8. The number of fused-ring (bicyclic) bond motifs is 12. The number of aromatic amines is 1. The van der Waals surface area contributed by atoms with Crippen LogP contribution in [-0.4, -0.2) is 35.8 Å². The zero-order valence-electron chi connectivity index (χ0n) is 59.6. The van der Waals surface area contributed by atoms with E-state index in [2.05, 4.69) is 303 Å². The van der Waals surface area contributed by atoms with Crippen molar-refractivity contribution in [3.8, 4) is 84.3 Å². The van der Waals surface area contributed by atoms with E-state index in [0.717, 1.165) is 50.7 Å². The van der Waals surface area contributed by atoms with Gasteiger partial charge >= 0.3 is 29.6 Å². The Morgan fingerprint density at radius 3 is 0.792 bits per heavy atom. The van der Waals surface area contributed by atoms with Crippen molar-refractivity contribution < 1.29 is 51.3 Å². The Morgan fingerprint density at radius 2 is 0.491 bits per heavy atom. The van der Waals surface area contributed by atoms with E-state index in [4.69, 9.17) is 6.35 Å². The molecule has 106 heavy (non-hydrogen) atoms. The van der Waals surface area contributed by atoms with Crippen LogP contribution in [0.4, 0.5) is 17.6 Å². The number of hydrogen-bond donors (Lipinski definition) is 1. The SMILES string of the molecule is Fc1cccc(-c2cc(-c3cccc(F)c3)nc(-c3cccc(F)c3)c2)c1.[2H]CF.[H-].[HH].[Na+].c1cc(-c2cc(-c3cccc(-n4c5ccccc5c5ccccc54)c3)nc(-c3cccc(-n4c5ccccc5c5ccccc54)c3)c2)cc(-n2c3ccccc3c3ccccc32)c1.c1ccc2c(c1)[nH]c1ccccc12. The summed E-state index contributed by atoms with van der Waals surface area (Å²) in [6, 6.07) is 122. The van der Waals surface area contributed by atoms with Gasteiger partial charge in [-0.3, -0.25) is 4.39 Å². The molecule has 20 rings (SSSR count). The van der Waals surface area contributed by atoms with Crippen molar-refractivity contribution in [1.29, 1.82) is 0 Å². The average Bonchev–Trinajstić information content (AvgIpc) is 1.61. The molecule has 0 aliphatic rings. The molecule has 6 heterocycles. The summed E-state index contributed by atoms with van der Waals surface area (Å²) in [4.78, 5) is 13.5. The predicted octanol–water partition coefficient (Wildman–Crippen LogP) is 23.1. The van der Waals surface area contributed by atoms with Crippen LogP contribution < -0.4 is 29.6 Å². The van der Waals surface area contributed by atoms with Gasteiger partial charge in [-0.1, -0.05) is 218 Å². The maximum atomic E-state index is 13.7. The number of benzene rings is 14. The Kier molecular flexibility index (Phi) is 18.6. The molecule has 0 aliphatic carbocycles. The van der Waals surface area contributed by atoms with Crippen molar-refractivity contribution in [3.63, 3.8) is 0 Å². The van der Waals surface area contributed by atoms with E-state index < -0.39 is 7.15 Å². The van der Waals surface area contributed by atoms with Crippen molar-refractivity contribution in [3.05, 3.63) is 381 Å². The molecule has 1 N–H and O–H groups in total. The molecule has 0 radical (unpaired) electrons. The zero-order valence-corrected chi connectivity index (χ0v) is 59.6. The first kappa shape index (κ1) is 66.5. The van der Waals surface area contributed by atoms with Crippen molar-refractivity contribution in [1.82, 2.24) is 28.7 Å². The molecule has 0 aliphatic heterocycles. The van der Waals surface area contributed by atoms with Crippen molar-refractivity contribution >= 4 is 87.2 Å². The van der Waals surface area contributed by atoms with Gasteiger partial charge in [-0.05, 0) is 168 Å². The molecule has 11 heteroatoms. The number of nitrogens with one attached hydrogen (secondary N) is 1. The second kappa shape index (κ2) is 29.6. The largest absolute Gasteiger partial charge is 1.00 e. The summed E-state index contributed by atoms with van der Waals surface area (Å²) in [6.07, 6.45) is 0. The van der Waals surface area contributed by atoms with Crippen molar-refractivity contribution in [2.24, 2.45) is 0 Å². The molecule has 0 amide bonds. The number of H-pyrrole nitrogens is 1. The molecule has 0 saturated carbocycles. The van der Waals surface area contributed by atoms with Crippen molar-refractivity contribution in [2.45, 2.75) is 0 Å². The Morgan fingerprint density at radius 1 is 0.264 bits per heavy atom. The van der Waals surface area contributed by atoms with Crippen LogP contribution in [0, 0.1) is 17.5 Å². The van der Waals surface area contributed by atoms with Gasteiger partial charge in [-0.25, -0.2) is 23.1 Å². The van der Waals surface area contributed by atoms with Crippen LogP contribution in [0.1, 0.15) is 4.22 Å². The van der Waals surface area contributed by atoms with Crippen LogP contribution in [-0.2, 0) is 0 Å². The minimum absolute atomic E-state index is 0. The third kappa shape index (κ3) is 13.0. The van der Waals surface area contributed by atoms with Crippen LogP contribution >= 0.6 is 0 Å². The quantitative estimate of drug-likeness (QED) is 0.116. The molecule has 506 valence electrons. The summed E-state index contributed by atoms with van der Waals surface area (Å²) in [6.45, 7) is 0. The molecule has 0 saturated heterocycles. The third-order valence-corrected chi connectivity index (χ3v) is 19.4. The molecule has 6 nitrogen and oxygen atoms in total. The van der Waals surface area contributed by atoms with Crippen LogP contribution in [0.25, 0.3) is 172 Å². The van der Waals surface area contributed by atoms with E-state index in [1.807, 2.05) is 0 Å². The number of pyridine rings is 2. The second-order valence-corrected chi connectivity index (χ2v) is 25.8. The Hall–Kier alpha value is -12.7. The first-order chi connectivity index (χ1) is 52.2. The molecule has 0 atom stereocenters. The number of alkyl halides is 1. The predicted molar refractivity (Wildman–Crippen MR) is 430 cm³/mol. The number of nitrogens with zero attached hydrogens (tertiary/aromatic N) is 5. The first-order valence-corrected chi connectivity index (χ1v) is 34.6. The fraction of sp³-hybridized carbons (Fsp3) is 0.0105. The summed E-state index contributed by atoms with van der Waals surface area (Å²) in [7, 11) is -1.00. The van der Waals surface area contributed by atoms with Crippen molar-refractivity contribution in [2.75, 3.05) is 7.15 Å².